The van der Waals surface area contributed by atoms with Gasteiger partial charge in [-0.3, -0.25) is 0 Å². The number of oxazole rings is 1. The molecule has 0 saturated carbocycles. The third kappa shape index (κ3) is 2.25. The minimum atomic E-state index is -0.561. The first-order chi connectivity index (χ1) is 11.8. The van der Waals surface area contributed by atoms with Crippen LogP contribution in [0.25, 0.3) is 11.5 Å². The molecule has 2 unspecified atom stereocenters. The van der Waals surface area contributed by atoms with Crippen LogP contribution in [0, 0.1) is 17.2 Å². The summed E-state index contributed by atoms with van der Waals surface area (Å²) in [5, 5.41) is 9.57. The number of aromatic nitrogens is 1. The SMILES string of the molecule is N#CC1C(N)=Nc2oc(-c3ccccc3)nc2C1c1ccccc1. The second-order valence-corrected chi connectivity index (χ2v) is 5.61. The quantitative estimate of drug-likeness (QED) is 0.782. The molecule has 0 aliphatic carbocycles. The highest BCUT2D eigenvalue weighted by atomic mass is 16.4. The first-order valence-corrected chi connectivity index (χ1v) is 7.62. The van der Waals surface area contributed by atoms with Crippen molar-refractivity contribution in [2.24, 2.45) is 16.6 Å². The van der Waals surface area contributed by atoms with E-state index in [0.29, 0.717) is 17.5 Å². The standard InChI is InChI=1S/C19H14N4O/c20-11-14-15(12-7-3-1-4-8-12)16-19(23-17(14)21)24-18(22-16)13-9-5-2-6-10-13/h1-10,14-15H,(H2,21,23). The molecule has 2 atom stereocenters. The van der Waals surface area contributed by atoms with E-state index in [1.807, 2.05) is 60.7 Å². The Kier molecular flexibility index (Phi) is 3.36. The Balaban J connectivity index is 1.88. The summed E-state index contributed by atoms with van der Waals surface area (Å²) < 4.78 is 5.82. The highest BCUT2D eigenvalue weighted by Gasteiger charge is 2.37. The Morgan fingerprint density at radius 3 is 2.33 bits per heavy atom. The van der Waals surface area contributed by atoms with Crippen LogP contribution >= 0.6 is 0 Å². The van der Waals surface area contributed by atoms with Crippen LogP contribution in [0.15, 0.2) is 70.1 Å². The topological polar surface area (TPSA) is 88.2 Å². The van der Waals surface area contributed by atoms with Crippen molar-refractivity contribution >= 4 is 11.7 Å². The van der Waals surface area contributed by atoms with Crippen LogP contribution in [0.1, 0.15) is 17.2 Å². The van der Waals surface area contributed by atoms with Gasteiger partial charge in [-0.05, 0) is 17.7 Å². The van der Waals surface area contributed by atoms with Gasteiger partial charge in [0.1, 0.15) is 17.4 Å². The predicted octanol–water partition coefficient (Wildman–Crippen LogP) is 3.62. The van der Waals surface area contributed by atoms with Crippen LogP contribution in [0.5, 0.6) is 0 Å². The minimum absolute atomic E-state index is 0.259. The maximum atomic E-state index is 9.57. The molecule has 1 aromatic heterocycles. The second-order valence-electron chi connectivity index (χ2n) is 5.61. The second kappa shape index (κ2) is 5.67. The number of fused-ring (bicyclic) bond motifs is 1. The molecule has 1 aliphatic rings. The molecule has 24 heavy (non-hydrogen) atoms. The van der Waals surface area contributed by atoms with Crippen molar-refractivity contribution < 1.29 is 4.42 Å². The van der Waals surface area contributed by atoms with Gasteiger partial charge in [0.05, 0.1) is 12.0 Å². The lowest BCUT2D eigenvalue weighted by Crippen LogP contribution is -2.31. The molecular weight excluding hydrogens is 300 g/mol. The fraction of sp³-hybridized carbons (Fsp3) is 0.105. The first-order valence-electron chi connectivity index (χ1n) is 7.62. The van der Waals surface area contributed by atoms with Gasteiger partial charge in [-0.2, -0.15) is 10.3 Å². The molecule has 0 bridgehead atoms. The maximum Gasteiger partial charge on any atom is 0.245 e. The van der Waals surface area contributed by atoms with Crippen molar-refractivity contribution in [2.75, 3.05) is 0 Å². The molecule has 0 radical (unpaired) electrons. The lowest BCUT2D eigenvalue weighted by atomic mass is 9.82. The Morgan fingerprint density at radius 1 is 1.00 bits per heavy atom. The summed E-state index contributed by atoms with van der Waals surface area (Å²) >= 11 is 0. The molecule has 2 aromatic carbocycles. The van der Waals surface area contributed by atoms with Crippen LogP contribution in [-0.4, -0.2) is 10.8 Å². The molecule has 5 nitrogen and oxygen atoms in total. The van der Waals surface area contributed by atoms with E-state index in [4.69, 9.17) is 10.2 Å². The van der Waals surface area contributed by atoms with E-state index in [-0.39, 0.29) is 11.8 Å². The van der Waals surface area contributed by atoms with Crippen LogP contribution in [0.2, 0.25) is 0 Å². The Morgan fingerprint density at radius 2 is 1.67 bits per heavy atom. The Labute approximate surface area is 139 Å². The Bertz CT molecular complexity index is 939. The van der Waals surface area contributed by atoms with Gasteiger partial charge in [0.2, 0.25) is 11.8 Å². The Hall–Kier alpha value is -3.39. The molecule has 3 aromatic rings. The zero-order chi connectivity index (χ0) is 16.5. The van der Waals surface area contributed by atoms with Gasteiger partial charge < -0.3 is 10.2 Å². The molecule has 2 heterocycles. The summed E-state index contributed by atoms with van der Waals surface area (Å²) in [7, 11) is 0. The van der Waals surface area contributed by atoms with Gasteiger partial charge in [0.25, 0.3) is 0 Å². The summed E-state index contributed by atoms with van der Waals surface area (Å²) in [5.74, 6) is 0.275. The first kappa shape index (κ1) is 14.2. The number of hydrogen-bond donors (Lipinski definition) is 1. The zero-order valence-corrected chi connectivity index (χ0v) is 12.8. The van der Waals surface area contributed by atoms with Crippen molar-refractivity contribution in [1.82, 2.24) is 4.98 Å². The third-order valence-corrected chi connectivity index (χ3v) is 4.13. The van der Waals surface area contributed by atoms with E-state index in [1.54, 1.807) is 0 Å². The number of nitrogens with two attached hydrogens (primary N) is 1. The number of aliphatic imine (C=N–C) groups is 1. The molecule has 5 heteroatoms. The molecule has 1 aliphatic heterocycles. The lowest BCUT2D eigenvalue weighted by molar-refractivity contribution is 0.572. The van der Waals surface area contributed by atoms with Crippen LogP contribution in [0.4, 0.5) is 5.88 Å². The van der Waals surface area contributed by atoms with Crippen molar-refractivity contribution in [1.29, 1.82) is 5.26 Å². The van der Waals surface area contributed by atoms with E-state index in [1.165, 1.54) is 0 Å². The van der Waals surface area contributed by atoms with Crippen molar-refractivity contribution in [3.63, 3.8) is 0 Å². The summed E-state index contributed by atoms with van der Waals surface area (Å²) in [5.41, 5.74) is 8.50. The highest BCUT2D eigenvalue weighted by Crippen LogP contribution is 2.42. The predicted molar refractivity (Wildman–Crippen MR) is 90.6 cm³/mol. The summed E-state index contributed by atoms with van der Waals surface area (Å²) in [4.78, 5) is 8.89. The monoisotopic (exact) mass is 314 g/mol. The molecule has 0 spiro atoms. The number of amidine groups is 1. The van der Waals surface area contributed by atoms with Gasteiger partial charge in [-0.1, -0.05) is 48.5 Å². The van der Waals surface area contributed by atoms with E-state index in [9.17, 15) is 5.26 Å². The van der Waals surface area contributed by atoms with Gasteiger partial charge in [0, 0.05) is 5.56 Å². The van der Waals surface area contributed by atoms with Crippen molar-refractivity contribution in [2.45, 2.75) is 5.92 Å². The molecule has 116 valence electrons. The molecule has 0 saturated heterocycles. The van der Waals surface area contributed by atoms with E-state index >= 15 is 0 Å². The summed E-state index contributed by atoms with van der Waals surface area (Å²) in [6.45, 7) is 0. The summed E-state index contributed by atoms with van der Waals surface area (Å²) in [6, 6.07) is 21.6. The smallest absolute Gasteiger partial charge is 0.245 e. The maximum absolute atomic E-state index is 9.57. The zero-order valence-electron chi connectivity index (χ0n) is 12.8. The van der Waals surface area contributed by atoms with Crippen molar-refractivity contribution in [3.05, 3.63) is 71.9 Å². The molecular formula is C19H14N4O. The number of benzene rings is 2. The third-order valence-electron chi connectivity index (χ3n) is 4.13. The van der Waals surface area contributed by atoms with Crippen LogP contribution in [-0.2, 0) is 0 Å². The summed E-state index contributed by atoms with van der Waals surface area (Å²) in [6.07, 6.45) is 0. The fourth-order valence-electron chi connectivity index (χ4n) is 2.98. The molecule has 2 N–H and O–H groups in total. The van der Waals surface area contributed by atoms with Crippen LogP contribution < -0.4 is 5.73 Å². The largest absolute Gasteiger partial charge is 0.418 e. The highest BCUT2D eigenvalue weighted by molar-refractivity contribution is 5.90. The lowest BCUT2D eigenvalue weighted by Gasteiger charge is -2.23. The van der Waals surface area contributed by atoms with E-state index in [2.05, 4.69) is 16.0 Å². The van der Waals surface area contributed by atoms with Gasteiger partial charge in [-0.25, -0.2) is 4.98 Å². The normalized spacial score (nSPS) is 19.2. The number of nitriles is 1. The van der Waals surface area contributed by atoms with Gasteiger partial charge in [-0.15, -0.1) is 0 Å². The van der Waals surface area contributed by atoms with Gasteiger partial charge in [0.15, 0.2) is 0 Å². The number of nitrogens with zero attached hydrogens (tertiary/aromatic N) is 3. The average molecular weight is 314 g/mol. The van der Waals surface area contributed by atoms with E-state index in [0.717, 1.165) is 11.1 Å². The molecule has 4 rings (SSSR count). The van der Waals surface area contributed by atoms with Crippen LogP contribution in [0.3, 0.4) is 0 Å². The van der Waals surface area contributed by atoms with Gasteiger partial charge >= 0.3 is 0 Å². The molecule has 0 amide bonds. The fourth-order valence-corrected chi connectivity index (χ4v) is 2.98. The number of hydrogen-bond acceptors (Lipinski definition) is 5. The number of rotatable bonds is 2. The van der Waals surface area contributed by atoms with Crippen molar-refractivity contribution in [3.8, 4) is 17.5 Å². The average Bonchev–Trinajstić information content (AvgIpc) is 3.05. The minimum Gasteiger partial charge on any atom is -0.418 e. The molecule has 0 fully saturated rings. The van der Waals surface area contributed by atoms with E-state index < -0.39 is 5.92 Å².